The molecule has 1 fully saturated rings. The van der Waals surface area contributed by atoms with Gasteiger partial charge in [0.2, 0.25) is 0 Å². The summed E-state index contributed by atoms with van der Waals surface area (Å²) in [5.41, 5.74) is 3.92. The van der Waals surface area contributed by atoms with Gasteiger partial charge >= 0.3 is 0 Å². The predicted octanol–water partition coefficient (Wildman–Crippen LogP) is 4.95. The maximum atomic E-state index is 12.8. The molecule has 0 spiro atoms. The largest absolute Gasteiger partial charge is 0.392 e. The van der Waals surface area contributed by atoms with E-state index in [0.717, 1.165) is 36.8 Å². The zero-order valence-corrected chi connectivity index (χ0v) is 15.0. The van der Waals surface area contributed by atoms with E-state index < -0.39 is 6.10 Å². The number of unbranched alkanes of at least 4 members (excludes halogenated alkanes) is 1. The van der Waals surface area contributed by atoms with E-state index in [1.165, 1.54) is 11.1 Å². The van der Waals surface area contributed by atoms with Crippen LogP contribution < -0.4 is 0 Å². The first-order chi connectivity index (χ1) is 11.5. The molecule has 1 N–H and O–H groups in total. The predicted molar refractivity (Wildman–Crippen MR) is 97.8 cm³/mol. The van der Waals surface area contributed by atoms with Gasteiger partial charge in [-0.05, 0) is 55.2 Å². The lowest BCUT2D eigenvalue weighted by atomic mass is 9.58. The van der Waals surface area contributed by atoms with Gasteiger partial charge in [0, 0.05) is 5.41 Å². The Morgan fingerprint density at radius 1 is 1.29 bits per heavy atom. The molecule has 2 aliphatic carbocycles. The van der Waals surface area contributed by atoms with E-state index in [1.54, 1.807) is 0 Å². The lowest BCUT2D eigenvalue weighted by Gasteiger charge is -2.47. The lowest BCUT2D eigenvalue weighted by molar-refractivity contribution is -0.113. The van der Waals surface area contributed by atoms with Gasteiger partial charge in [-0.15, -0.1) is 0 Å². The highest BCUT2D eigenvalue weighted by Crippen LogP contribution is 2.53. The molecule has 128 valence electrons. The molecule has 0 saturated heterocycles. The van der Waals surface area contributed by atoms with Crippen LogP contribution >= 0.6 is 0 Å². The quantitative estimate of drug-likeness (QED) is 0.799. The molecule has 0 aliphatic heterocycles. The molecular weight excluding hydrogens is 296 g/mol. The SMILES string of the molecule is CCC/C=C1\C[C@@]2(C)C(=C(C)C1=O)CC(c1ccccc1)C[C@@H]2O. The second kappa shape index (κ2) is 6.68. The van der Waals surface area contributed by atoms with Crippen molar-refractivity contribution in [3.05, 3.63) is 58.7 Å². The molecule has 0 aromatic heterocycles. The number of hydrogen-bond donors (Lipinski definition) is 1. The Kier molecular flexibility index (Phi) is 4.78. The van der Waals surface area contributed by atoms with Crippen LogP contribution in [0.3, 0.4) is 0 Å². The first-order valence-corrected chi connectivity index (χ1v) is 9.14. The summed E-state index contributed by atoms with van der Waals surface area (Å²) in [6.45, 7) is 6.22. The average Bonchev–Trinajstić information content (AvgIpc) is 2.59. The van der Waals surface area contributed by atoms with Gasteiger partial charge in [0.1, 0.15) is 0 Å². The summed E-state index contributed by atoms with van der Waals surface area (Å²) in [4.78, 5) is 12.8. The minimum atomic E-state index is -0.403. The maximum absolute atomic E-state index is 12.8. The summed E-state index contributed by atoms with van der Waals surface area (Å²) < 4.78 is 0. The van der Waals surface area contributed by atoms with Crippen LogP contribution in [0, 0.1) is 5.41 Å². The number of benzene rings is 1. The van der Waals surface area contributed by atoms with E-state index >= 15 is 0 Å². The zero-order chi connectivity index (χ0) is 17.3. The number of Topliss-reactive ketones (excluding diaryl/α,β-unsaturated/α-hetero) is 1. The first kappa shape index (κ1) is 17.2. The van der Waals surface area contributed by atoms with Crippen LogP contribution in [0.1, 0.15) is 64.4 Å². The molecule has 1 saturated carbocycles. The van der Waals surface area contributed by atoms with Gasteiger partial charge in [-0.2, -0.15) is 0 Å². The van der Waals surface area contributed by atoms with Crippen molar-refractivity contribution in [3.63, 3.8) is 0 Å². The summed E-state index contributed by atoms with van der Waals surface area (Å²) in [6.07, 6.45) is 6.00. The molecule has 1 aromatic carbocycles. The van der Waals surface area contributed by atoms with E-state index in [0.29, 0.717) is 12.3 Å². The van der Waals surface area contributed by atoms with Gasteiger partial charge in [0.05, 0.1) is 6.10 Å². The molecule has 0 bridgehead atoms. The Morgan fingerprint density at radius 3 is 2.67 bits per heavy atom. The first-order valence-electron chi connectivity index (χ1n) is 9.14. The number of carbonyl (C=O) groups is 1. The summed E-state index contributed by atoms with van der Waals surface area (Å²) in [7, 11) is 0. The molecule has 24 heavy (non-hydrogen) atoms. The Hall–Kier alpha value is -1.67. The molecule has 1 aromatic rings. The molecule has 0 radical (unpaired) electrons. The van der Waals surface area contributed by atoms with E-state index in [2.05, 4.69) is 32.1 Å². The van der Waals surface area contributed by atoms with Crippen molar-refractivity contribution in [2.24, 2.45) is 5.41 Å². The van der Waals surface area contributed by atoms with Crippen LogP contribution in [-0.4, -0.2) is 17.0 Å². The van der Waals surface area contributed by atoms with Crippen molar-refractivity contribution in [3.8, 4) is 0 Å². The second-order valence-corrected chi connectivity index (χ2v) is 7.61. The third kappa shape index (κ3) is 2.88. The Balaban J connectivity index is 1.98. The Bertz CT molecular complexity index is 683. The van der Waals surface area contributed by atoms with E-state index in [1.807, 2.05) is 25.1 Å². The van der Waals surface area contributed by atoms with Crippen LogP contribution in [-0.2, 0) is 4.79 Å². The number of allylic oxidation sites excluding steroid dienone is 3. The number of fused-ring (bicyclic) bond motifs is 1. The van der Waals surface area contributed by atoms with Crippen molar-refractivity contribution < 1.29 is 9.90 Å². The highest BCUT2D eigenvalue weighted by Gasteiger charge is 2.47. The minimum Gasteiger partial charge on any atom is -0.392 e. The van der Waals surface area contributed by atoms with E-state index in [9.17, 15) is 9.90 Å². The molecule has 2 nitrogen and oxygen atoms in total. The third-order valence-corrected chi connectivity index (χ3v) is 5.98. The zero-order valence-electron chi connectivity index (χ0n) is 15.0. The van der Waals surface area contributed by atoms with E-state index in [4.69, 9.17) is 0 Å². The fraction of sp³-hybridized carbons (Fsp3) is 0.500. The van der Waals surface area contributed by atoms with Crippen LogP contribution in [0.4, 0.5) is 0 Å². The number of ketones is 1. The van der Waals surface area contributed by atoms with Gasteiger partial charge in [-0.25, -0.2) is 0 Å². The van der Waals surface area contributed by atoms with Crippen molar-refractivity contribution in [2.45, 2.75) is 64.9 Å². The number of aliphatic hydroxyl groups is 1. The van der Waals surface area contributed by atoms with Crippen molar-refractivity contribution >= 4 is 5.78 Å². The number of hydrogen-bond acceptors (Lipinski definition) is 2. The molecule has 3 atom stereocenters. The number of aliphatic hydroxyl groups excluding tert-OH is 1. The van der Waals surface area contributed by atoms with Gasteiger partial charge in [0.15, 0.2) is 5.78 Å². The van der Waals surface area contributed by atoms with E-state index in [-0.39, 0.29) is 11.2 Å². The van der Waals surface area contributed by atoms with Gasteiger partial charge in [-0.3, -0.25) is 4.79 Å². The molecule has 2 heteroatoms. The fourth-order valence-corrected chi connectivity index (χ4v) is 4.42. The van der Waals surface area contributed by atoms with Gasteiger partial charge < -0.3 is 5.11 Å². The molecule has 0 amide bonds. The van der Waals surface area contributed by atoms with Crippen LogP contribution in [0.25, 0.3) is 0 Å². The topological polar surface area (TPSA) is 37.3 Å². The lowest BCUT2D eigenvalue weighted by Crippen LogP contribution is -2.44. The van der Waals surface area contributed by atoms with Crippen LogP contribution in [0.15, 0.2) is 53.1 Å². The normalized spacial score (nSPS) is 32.2. The molecular formula is C22H28O2. The molecule has 0 heterocycles. The third-order valence-electron chi connectivity index (χ3n) is 5.98. The molecule has 2 aliphatic rings. The molecule has 1 unspecified atom stereocenters. The highest BCUT2D eigenvalue weighted by atomic mass is 16.3. The number of carbonyl (C=O) groups excluding carboxylic acids is 1. The Labute approximate surface area is 145 Å². The highest BCUT2D eigenvalue weighted by molar-refractivity contribution is 6.09. The average molecular weight is 324 g/mol. The monoisotopic (exact) mass is 324 g/mol. The fourth-order valence-electron chi connectivity index (χ4n) is 4.42. The van der Waals surface area contributed by atoms with Gasteiger partial charge in [0.25, 0.3) is 0 Å². The van der Waals surface area contributed by atoms with Crippen molar-refractivity contribution in [1.29, 1.82) is 0 Å². The number of rotatable bonds is 3. The van der Waals surface area contributed by atoms with Crippen LogP contribution in [0.2, 0.25) is 0 Å². The maximum Gasteiger partial charge on any atom is 0.184 e. The standard InChI is InChI=1S/C22H28O2/c1-4-5-9-17-14-22(3)19(15(2)21(17)24)12-18(13-20(22)23)16-10-7-6-8-11-16/h6-11,18,20,23H,4-5,12-14H2,1-3H3/b17-9+/t18?,20-,22-/m0/s1. The minimum absolute atomic E-state index is 0.192. The second-order valence-electron chi connectivity index (χ2n) is 7.61. The Morgan fingerprint density at radius 2 is 2.00 bits per heavy atom. The van der Waals surface area contributed by atoms with Crippen molar-refractivity contribution in [2.75, 3.05) is 0 Å². The van der Waals surface area contributed by atoms with Crippen LogP contribution in [0.5, 0.6) is 0 Å². The van der Waals surface area contributed by atoms with Gasteiger partial charge in [-0.1, -0.05) is 62.2 Å². The summed E-state index contributed by atoms with van der Waals surface area (Å²) in [5, 5.41) is 11.0. The summed E-state index contributed by atoms with van der Waals surface area (Å²) >= 11 is 0. The molecule has 3 rings (SSSR count). The summed E-state index contributed by atoms with van der Waals surface area (Å²) in [6, 6.07) is 10.4. The van der Waals surface area contributed by atoms with Crippen molar-refractivity contribution in [1.82, 2.24) is 0 Å². The smallest absolute Gasteiger partial charge is 0.184 e. The summed E-state index contributed by atoms with van der Waals surface area (Å²) in [5.74, 6) is 0.491.